The highest BCUT2D eigenvalue weighted by atomic mass is 32.1. The molecule has 0 saturated carbocycles. The molecule has 2 aromatic carbocycles. The minimum atomic E-state index is 0.552. The predicted octanol–water partition coefficient (Wildman–Crippen LogP) is 3.56. The van der Waals surface area contributed by atoms with Crippen LogP contribution in [0.1, 0.15) is 5.56 Å². The molecule has 2 aromatic rings. The average molecular weight is 246 g/mol. The van der Waals surface area contributed by atoms with Crippen molar-refractivity contribution in [2.75, 3.05) is 7.11 Å². The lowest BCUT2D eigenvalue weighted by molar-refractivity contribution is 0.303. The van der Waals surface area contributed by atoms with E-state index in [1.54, 1.807) is 7.11 Å². The lowest BCUT2D eigenvalue weighted by atomic mass is 10.2. The average Bonchev–Trinajstić information content (AvgIpc) is 2.39. The molecule has 2 rings (SSSR count). The van der Waals surface area contributed by atoms with Crippen LogP contribution in [0.5, 0.6) is 11.5 Å². The fourth-order valence-corrected chi connectivity index (χ4v) is 1.72. The molecule has 0 aliphatic rings. The van der Waals surface area contributed by atoms with E-state index in [4.69, 9.17) is 9.47 Å². The Morgan fingerprint density at radius 3 is 2.53 bits per heavy atom. The van der Waals surface area contributed by atoms with Crippen LogP contribution in [0.15, 0.2) is 53.4 Å². The van der Waals surface area contributed by atoms with Crippen molar-refractivity contribution in [3.63, 3.8) is 0 Å². The summed E-state index contributed by atoms with van der Waals surface area (Å²) in [6, 6.07) is 15.6. The zero-order valence-electron chi connectivity index (χ0n) is 9.59. The number of benzene rings is 2. The maximum Gasteiger partial charge on any atom is 0.135 e. The number of ether oxygens (including phenoxy) is 2. The van der Waals surface area contributed by atoms with Crippen LogP contribution in [-0.4, -0.2) is 7.11 Å². The van der Waals surface area contributed by atoms with Crippen LogP contribution < -0.4 is 9.47 Å². The number of thiol groups is 1. The third kappa shape index (κ3) is 3.17. The molecular formula is C14H14O2S. The minimum absolute atomic E-state index is 0.552. The molecule has 0 N–H and O–H groups in total. The second-order valence-corrected chi connectivity index (χ2v) is 4.09. The molecule has 0 aliphatic carbocycles. The summed E-state index contributed by atoms with van der Waals surface area (Å²) in [5, 5.41) is 0. The van der Waals surface area contributed by atoms with E-state index in [0.717, 1.165) is 22.0 Å². The largest absolute Gasteiger partial charge is 0.495 e. The summed E-state index contributed by atoms with van der Waals surface area (Å²) < 4.78 is 10.9. The van der Waals surface area contributed by atoms with Gasteiger partial charge in [0.25, 0.3) is 0 Å². The van der Waals surface area contributed by atoms with Gasteiger partial charge in [0.1, 0.15) is 18.1 Å². The molecule has 0 radical (unpaired) electrons. The van der Waals surface area contributed by atoms with E-state index in [0.29, 0.717) is 6.61 Å². The van der Waals surface area contributed by atoms with Crippen LogP contribution in [0.2, 0.25) is 0 Å². The highest BCUT2D eigenvalue weighted by molar-refractivity contribution is 7.80. The molecule has 0 aromatic heterocycles. The summed E-state index contributed by atoms with van der Waals surface area (Å²) in [6.07, 6.45) is 0. The molecule has 0 aliphatic heterocycles. The van der Waals surface area contributed by atoms with Crippen molar-refractivity contribution in [3.05, 3.63) is 54.1 Å². The van der Waals surface area contributed by atoms with Gasteiger partial charge in [-0.3, -0.25) is 0 Å². The van der Waals surface area contributed by atoms with E-state index in [-0.39, 0.29) is 0 Å². The Bertz CT molecular complexity index is 483. The van der Waals surface area contributed by atoms with Gasteiger partial charge in [0.2, 0.25) is 0 Å². The molecule has 17 heavy (non-hydrogen) atoms. The van der Waals surface area contributed by atoms with E-state index in [1.165, 1.54) is 0 Å². The molecule has 0 spiro atoms. The van der Waals surface area contributed by atoms with Crippen LogP contribution in [0, 0.1) is 0 Å². The van der Waals surface area contributed by atoms with E-state index in [9.17, 15) is 0 Å². The minimum Gasteiger partial charge on any atom is -0.495 e. The van der Waals surface area contributed by atoms with Gasteiger partial charge < -0.3 is 9.47 Å². The predicted molar refractivity (Wildman–Crippen MR) is 71.0 cm³/mol. The summed E-state index contributed by atoms with van der Waals surface area (Å²) in [4.78, 5) is 0.805. The molecule has 0 fully saturated rings. The lowest BCUT2D eigenvalue weighted by Gasteiger charge is -2.09. The Morgan fingerprint density at radius 1 is 1.06 bits per heavy atom. The van der Waals surface area contributed by atoms with Gasteiger partial charge in [0.05, 0.1) is 7.11 Å². The number of hydrogen-bond donors (Lipinski definition) is 1. The molecule has 0 atom stereocenters. The first kappa shape index (κ1) is 11.9. The third-order valence-corrected chi connectivity index (χ3v) is 2.77. The van der Waals surface area contributed by atoms with E-state index in [1.807, 2.05) is 48.5 Å². The van der Waals surface area contributed by atoms with Gasteiger partial charge in [0.15, 0.2) is 0 Å². The van der Waals surface area contributed by atoms with Gasteiger partial charge in [-0.05, 0) is 17.7 Å². The van der Waals surface area contributed by atoms with E-state index in [2.05, 4.69) is 12.6 Å². The van der Waals surface area contributed by atoms with Crippen molar-refractivity contribution in [1.82, 2.24) is 0 Å². The number of hydrogen-bond acceptors (Lipinski definition) is 3. The maximum absolute atomic E-state index is 5.68. The summed E-state index contributed by atoms with van der Waals surface area (Å²) in [6.45, 7) is 0.552. The second kappa shape index (κ2) is 5.64. The first-order valence-corrected chi connectivity index (χ1v) is 5.78. The highest BCUT2D eigenvalue weighted by Crippen LogP contribution is 2.27. The standard InChI is InChI=1S/C14H14O2S/c1-15-13-9-12(7-8-14(13)17)16-10-11-5-3-2-4-6-11/h2-9,17H,10H2,1H3. The summed E-state index contributed by atoms with van der Waals surface area (Å²) in [5.74, 6) is 1.50. The van der Waals surface area contributed by atoms with Gasteiger partial charge in [-0.2, -0.15) is 0 Å². The third-order valence-electron chi connectivity index (χ3n) is 2.40. The Balaban J connectivity index is 2.04. The van der Waals surface area contributed by atoms with Crippen molar-refractivity contribution in [3.8, 4) is 11.5 Å². The van der Waals surface area contributed by atoms with E-state index < -0.39 is 0 Å². The zero-order valence-corrected chi connectivity index (χ0v) is 10.5. The van der Waals surface area contributed by atoms with Crippen molar-refractivity contribution >= 4 is 12.6 Å². The number of methoxy groups -OCH3 is 1. The highest BCUT2D eigenvalue weighted by Gasteiger charge is 2.02. The van der Waals surface area contributed by atoms with Crippen LogP contribution >= 0.6 is 12.6 Å². The molecule has 0 amide bonds. The lowest BCUT2D eigenvalue weighted by Crippen LogP contribution is -1.95. The Hall–Kier alpha value is -1.61. The van der Waals surface area contributed by atoms with Crippen molar-refractivity contribution in [2.24, 2.45) is 0 Å². The Kier molecular flexibility index (Phi) is 3.94. The van der Waals surface area contributed by atoms with E-state index >= 15 is 0 Å². The molecule has 88 valence electrons. The smallest absolute Gasteiger partial charge is 0.135 e. The molecule has 0 unspecified atom stereocenters. The van der Waals surface area contributed by atoms with Gasteiger partial charge in [-0.15, -0.1) is 12.6 Å². The fourth-order valence-electron chi connectivity index (χ4n) is 1.49. The maximum atomic E-state index is 5.68. The summed E-state index contributed by atoms with van der Waals surface area (Å²) in [7, 11) is 1.62. The second-order valence-electron chi connectivity index (χ2n) is 3.61. The Morgan fingerprint density at radius 2 is 1.82 bits per heavy atom. The van der Waals surface area contributed by atoms with Crippen LogP contribution in [0.4, 0.5) is 0 Å². The molecule has 0 saturated heterocycles. The molecule has 2 nitrogen and oxygen atoms in total. The van der Waals surface area contributed by atoms with Crippen LogP contribution in [0.3, 0.4) is 0 Å². The normalized spacial score (nSPS) is 10.0. The molecule has 0 heterocycles. The zero-order chi connectivity index (χ0) is 12.1. The quantitative estimate of drug-likeness (QED) is 0.831. The molecular weight excluding hydrogens is 232 g/mol. The van der Waals surface area contributed by atoms with Gasteiger partial charge >= 0.3 is 0 Å². The van der Waals surface area contributed by atoms with Crippen molar-refractivity contribution in [1.29, 1.82) is 0 Å². The Labute approximate surface area is 107 Å². The number of rotatable bonds is 4. The fraction of sp³-hybridized carbons (Fsp3) is 0.143. The SMILES string of the molecule is COc1cc(OCc2ccccc2)ccc1S. The molecule has 3 heteroatoms. The first-order valence-electron chi connectivity index (χ1n) is 5.33. The van der Waals surface area contributed by atoms with Gasteiger partial charge in [0, 0.05) is 11.0 Å². The van der Waals surface area contributed by atoms with Gasteiger partial charge in [-0.1, -0.05) is 30.3 Å². The summed E-state index contributed by atoms with van der Waals surface area (Å²) >= 11 is 4.28. The van der Waals surface area contributed by atoms with Crippen LogP contribution in [-0.2, 0) is 6.61 Å². The van der Waals surface area contributed by atoms with Crippen LogP contribution in [0.25, 0.3) is 0 Å². The molecule has 0 bridgehead atoms. The summed E-state index contributed by atoms with van der Waals surface area (Å²) in [5.41, 5.74) is 1.14. The van der Waals surface area contributed by atoms with Crippen molar-refractivity contribution < 1.29 is 9.47 Å². The van der Waals surface area contributed by atoms with Gasteiger partial charge in [-0.25, -0.2) is 0 Å². The van der Waals surface area contributed by atoms with Crippen molar-refractivity contribution in [2.45, 2.75) is 11.5 Å². The topological polar surface area (TPSA) is 18.5 Å². The monoisotopic (exact) mass is 246 g/mol. The first-order chi connectivity index (χ1) is 8.29.